The molecule has 7 atom stereocenters. The largest absolute Gasteiger partial charge is 0.393 e. The third-order valence-electron chi connectivity index (χ3n) is 8.68. The molecule has 5 rings (SSSR count). The van der Waals surface area contributed by atoms with Crippen molar-refractivity contribution in [3.05, 3.63) is 66.0 Å². The first-order valence-corrected chi connectivity index (χ1v) is 16.1. The van der Waals surface area contributed by atoms with E-state index in [0.717, 1.165) is 96.1 Å². The number of unbranched alkanes of at least 4 members (excludes halogenated alkanes) is 1. The molecule has 42 heavy (non-hydrogen) atoms. The Bertz CT molecular complexity index is 1050. The van der Waals surface area contributed by atoms with E-state index in [4.69, 9.17) is 18.9 Å². The van der Waals surface area contributed by atoms with Crippen LogP contribution in [-0.4, -0.2) is 69.8 Å². The molecular weight excluding hydrogens is 532 g/mol. The van der Waals surface area contributed by atoms with Crippen LogP contribution in [0.3, 0.4) is 0 Å². The van der Waals surface area contributed by atoms with E-state index in [-0.39, 0.29) is 36.6 Å². The summed E-state index contributed by atoms with van der Waals surface area (Å²) >= 11 is 0. The minimum absolute atomic E-state index is 0.0700. The molecular formula is C33H48N4O5. The number of benzene rings is 1. The molecule has 1 aliphatic carbocycles. The second-order valence-electron chi connectivity index (χ2n) is 11.8. The van der Waals surface area contributed by atoms with Crippen molar-refractivity contribution in [3.63, 3.8) is 0 Å². The molecule has 0 spiro atoms. The summed E-state index contributed by atoms with van der Waals surface area (Å²) in [6.07, 6.45) is 20.2. The van der Waals surface area contributed by atoms with Gasteiger partial charge in [-0.25, -0.2) is 5.10 Å². The first-order valence-electron chi connectivity index (χ1n) is 16.1. The van der Waals surface area contributed by atoms with Crippen LogP contribution in [0.15, 0.2) is 54.6 Å². The number of nitrogens with zero attached hydrogens (tertiary/aromatic N) is 3. The average molecular weight is 581 g/mol. The predicted octanol–water partition coefficient (Wildman–Crippen LogP) is 5.48. The maximum absolute atomic E-state index is 11.2. The Hall–Kier alpha value is -2.43. The van der Waals surface area contributed by atoms with Crippen molar-refractivity contribution in [2.75, 3.05) is 13.2 Å². The van der Waals surface area contributed by atoms with E-state index >= 15 is 0 Å². The Morgan fingerprint density at radius 3 is 2.55 bits per heavy atom. The molecule has 1 saturated carbocycles. The van der Waals surface area contributed by atoms with Crippen LogP contribution in [0.5, 0.6) is 0 Å². The van der Waals surface area contributed by atoms with Gasteiger partial charge in [0.2, 0.25) is 0 Å². The molecule has 9 heteroatoms. The van der Waals surface area contributed by atoms with Gasteiger partial charge in [0.1, 0.15) is 5.82 Å². The normalized spacial score (nSPS) is 29.5. The predicted molar refractivity (Wildman–Crippen MR) is 159 cm³/mol. The average Bonchev–Trinajstić information content (AvgIpc) is 3.65. The summed E-state index contributed by atoms with van der Waals surface area (Å²) in [5.74, 6) is 0.961. The number of aliphatic hydroxyl groups excluding tert-OH is 1. The van der Waals surface area contributed by atoms with Gasteiger partial charge in [0.25, 0.3) is 0 Å². The van der Waals surface area contributed by atoms with E-state index in [1.165, 1.54) is 5.56 Å². The quantitative estimate of drug-likeness (QED) is 0.211. The number of hydrogen-bond acceptors (Lipinski definition) is 8. The fraction of sp³-hybridized carbons (Fsp3) is 0.667. The molecule has 2 aromatic rings. The summed E-state index contributed by atoms with van der Waals surface area (Å²) in [6.45, 7) is 1.50. The van der Waals surface area contributed by atoms with Gasteiger partial charge in [-0.2, -0.15) is 0 Å². The zero-order valence-corrected chi connectivity index (χ0v) is 24.8. The van der Waals surface area contributed by atoms with Crippen molar-refractivity contribution >= 4 is 0 Å². The van der Waals surface area contributed by atoms with Crippen molar-refractivity contribution < 1.29 is 24.1 Å². The second kappa shape index (κ2) is 17.0. The van der Waals surface area contributed by atoms with Gasteiger partial charge in [0.15, 0.2) is 12.6 Å². The van der Waals surface area contributed by atoms with Gasteiger partial charge >= 0.3 is 0 Å². The number of allylic oxidation sites excluding steroid dienone is 2. The van der Waals surface area contributed by atoms with E-state index in [9.17, 15) is 5.11 Å². The molecule has 3 aliphatic rings. The van der Waals surface area contributed by atoms with Gasteiger partial charge in [0, 0.05) is 32.0 Å². The summed E-state index contributed by atoms with van der Waals surface area (Å²) in [7, 11) is 0. The van der Waals surface area contributed by atoms with Crippen molar-refractivity contribution in [3.8, 4) is 0 Å². The third-order valence-corrected chi connectivity index (χ3v) is 8.68. The van der Waals surface area contributed by atoms with E-state index in [2.05, 4.69) is 75.3 Å². The number of hydrogen-bond donors (Lipinski definition) is 2. The smallest absolute Gasteiger partial charge is 0.158 e. The molecule has 0 radical (unpaired) electrons. The van der Waals surface area contributed by atoms with Crippen LogP contribution in [0.4, 0.5) is 0 Å². The number of aromatic nitrogens is 4. The first-order chi connectivity index (χ1) is 20.7. The van der Waals surface area contributed by atoms with Gasteiger partial charge in [-0.3, -0.25) is 0 Å². The number of nitrogens with one attached hydrogen (secondary N) is 1. The summed E-state index contributed by atoms with van der Waals surface area (Å²) in [5.41, 5.74) is 1.30. The zero-order chi connectivity index (χ0) is 28.8. The van der Waals surface area contributed by atoms with Gasteiger partial charge in [0.05, 0.1) is 18.3 Å². The van der Waals surface area contributed by atoms with Crippen LogP contribution in [0.25, 0.3) is 0 Å². The van der Waals surface area contributed by atoms with Crippen molar-refractivity contribution in [2.45, 2.75) is 114 Å². The number of H-pyrrole nitrogens is 1. The van der Waals surface area contributed by atoms with Crippen LogP contribution in [0.1, 0.15) is 82.0 Å². The summed E-state index contributed by atoms with van der Waals surface area (Å²) in [6, 6.07) is 10.6. The number of aromatic amines is 1. The lowest BCUT2D eigenvalue weighted by Gasteiger charge is -2.30. The van der Waals surface area contributed by atoms with E-state index < -0.39 is 6.10 Å². The minimum Gasteiger partial charge on any atom is -0.393 e. The Labute approximate surface area is 250 Å². The fourth-order valence-corrected chi connectivity index (χ4v) is 6.31. The highest BCUT2D eigenvalue weighted by molar-refractivity contribution is 5.15. The molecule has 2 N–H and O–H groups in total. The standard InChI is InChI=1S/C33H48N4O5/c38-29-24-30(42-33-17-9-11-23-40-33)28(27(29)14-6-1-2-7-15-31-34-36-37-35-31)21-20-26(41-32-16-8-10-22-39-32)19-18-25-12-4-3-5-13-25/h1,3-6,12-13,20-21,26-30,32-33,38H,2,7-11,14-19,22-24H2,(H,34,35,36,37)/b6-1-,21-20?. The van der Waals surface area contributed by atoms with Crippen molar-refractivity contribution in [1.29, 1.82) is 0 Å². The molecule has 230 valence electrons. The van der Waals surface area contributed by atoms with Crippen LogP contribution in [0, 0.1) is 11.8 Å². The summed E-state index contributed by atoms with van der Waals surface area (Å²) in [4.78, 5) is 0. The topological polar surface area (TPSA) is 112 Å². The lowest BCUT2D eigenvalue weighted by molar-refractivity contribution is -0.193. The van der Waals surface area contributed by atoms with Gasteiger partial charge in [-0.1, -0.05) is 54.6 Å². The van der Waals surface area contributed by atoms with Gasteiger partial charge < -0.3 is 24.1 Å². The molecule has 9 nitrogen and oxygen atoms in total. The molecule has 0 amide bonds. The summed E-state index contributed by atoms with van der Waals surface area (Å²) < 4.78 is 24.9. The maximum Gasteiger partial charge on any atom is 0.158 e. The van der Waals surface area contributed by atoms with Gasteiger partial charge in [-0.05, 0) is 92.5 Å². The highest BCUT2D eigenvalue weighted by atomic mass is 16.7. The molecule has 2 aliphatic heterocycles. The molecule has 0 bridgehead atoms. The van der Waals surface area contributed by atoms with Crippen molar-refractivity contribution in [2.24, 2.45) is 11.8 Å². The van der Waals surface area contributed by atoms with Crippen LogP contribution < -0.4 is 0 Å². The number of tetrazole rings is 1. The summed E-state index contributed by atoms with van der Waals surface area (Å²) in [5, 5.41) is 25.2. The first kappa shape index (κ1) is 31.0. The molecule has 7 unspecified atom stereocenters. The third kappa shape index (κ3) is 9.81. The maximum atomic E-state index is 11.2. The molecule has 3 fully saturated rings. The number of aryl methyl sites for hydroxylation is 2. The molecule has 2 saturated heterocycles. The highest BCUT2D eigenvalue weighted by Gasteiger charge is 2.42. The van der Waals surface area contributed by atoms with Crippen LogP contribution in [-0.2, 0) is 31.8 Å². The number of rotatable bonds is 15. The Balaban J connectivity index is 1.24. The Kier molecular flexibility index (Phi) is 12.6. The van der Waals surface area contributed by atoms with E-state index in [0.29, 0.717) is 6.42 Å². The molecule has 1 aromatic heterocycles. The fourth-order valence-electron chi connectivity index (χ4n) is 6.31. The number of ether oxygens (including phenoxy) is 4. The SMILES string of the molecule is OC1CC(OC2CCCCO2)C(C=CC(CCc2ccccc2)OC2CCCCO2)C1C/C=C\CCCc1nnn[nH]1. The Morgan fingerprint density at radius 1 is 1.00 bits per heavy atom. The highest BCUT2D eigenvalue weighted by Crippen LogP contribution is 2.39. The second-order valence-corrected chi connectivity index (χ2v) is 11.8. The molecule has 1 aromatic carbocycles. The van der Waals surface area contributed by atoms with E-state index in [1.807, 2.05) is 0 Å². The van der Waals surface area contributed by atoms with Gasteiger partial charge in [-0.15, -0.1) is 5.10 Å². The van der Waals surface area contributed by atoms with Crippen LogP contribution >= 0.6 is 0 Å². The monoisotopic (exact) mass is 580 g/mol. The Morgan fingerprint density at radius 2 is 1.81 bits per heavy atom. The lowest BCUT2D eigenvalue weighted by atomic mass is 9.89. The lowest BCUT2D eigenvalue weighted by Crippen LogP contribution is -2.31. The number of aliphatic hydroxyl groups is 1. The zero-order valence-electron chi connectivity index (χ0n) is 24.8. The van der Waals surface area contributed by atoms with E-state index in [1.54, 1.807) is 0 Å². The van der Waals surface area contributed by atoms with Crippen molar-refractivity contribution in [1.82, 2.24) is 20.6 Å². The minimum atomic E-state index is -0.427. The van der Waals surface area contributed by atoms with Crippen LogP contribution in [0.2, 0.25) is 0 Å². The molecule has 3 heterocycles.